The lowest BCUT2D eigenvalue weighted by Crippen LogP contribution is -2.32. The summed E-state index contributed by atoms with van der Waals surface area (Å²) in [5.41, 5.74) is 0.835. The van der Waals surface area contributed by atoms with Crippen molar-refractivity contribution in [1.82, 2.24) is 4.90 Å². The predicted molar refractivity (Wildman–Crippen MR) is 87.7 cm³/mol. The van der Waals surface area contributed by atoms with Gasteiger partial charge in [-0.2, -0.15) is 0 Å². The molecule has 0 saturated carbocycles. The molecule has 2 aromatic rings. The minimum absolute atomic E-state index is 0.0964. The van der Waals surface area contributed by atoms with Crippen LogP contribution in [0.15, 0.2) is 42.5 Å². The van der Waals surface area contributed by atoms with Crippen LogP contribution in [0, 0.1) is 0 Å². The van der Waals surface area contributed by atoms with Crippen molar-refractivity contribution in [2.75, 3.05) is 11.9 Å². The molecule has 9 heteroatoms. The first kappa shape index (κ1) is 17.0. The maximum Gasteiger partial charge on any atom is 0.586 e. The average Bonchev–Trinajstić information content (AvgIpc) is 3.06. The van der Waals surface area contributed by atoms with E-state index in [-0.39, 0.29) is 30.2 Å². The Labute approximate surface area is 151 Å². The molecule has 27 heavy (non-hydrogen) atoms. The normalized spacial score (nSPS) is 16.4. The zero-order valence-electron chi connectivity index (χ0n) is 13.7. The van der Waals surface area contributed by atoms with Crippen molar-refractivity contribution in [2.24, 2.45) is 0 Å². The first-order valence-corrected chi connectivity index (χ1v) is 7.99. The quantitative estimate of drug-likeness (QED) is 0.832. The summed E-state index contributed by atoms with van der Waals surface area (Å²) >= 11 is 0. The van der Waals surface area contributed by atoms with Crippen molar-refractivity contribution in [2.45, 2.75) is 12.7 Å². The van der Waals surface area contributed by atoms with Crippen LogP contribution in [0.3, 0.4) is 0 Å². The highest BCUT2D eigenvalue weighted by molar-refractivity contribution is 6.21. The van der Waals surface area contributed by atoms with Crippen LogP contribution in [0.5, 0.6) is 11.5 Å². The summed E-state index contributed by atoms with van der Waals surface area (Å²) in [5.74, 6) is -1.72. The fourth-order valence-electron chi connectivity index (χ4n) is 2.91. The maximum atomic E-state index is 13.0. The van der Waals surface area contributed by atoms with Gasteiger partial charge in [-0.1, -0.05) is 12.1 Å². The zero-order valence-corrected chi connectivity index (χ0v) is 13.7. The third-order valence-electron chi connectivity index (χ3n) is 4.13. The van der Waals surface area contributed by atoms with Crippen LogP contribution < -0.4 is 14.8 Å². The summed E-state index contributed by atoms with van der Waals surface area (Å²) in [4.78, 5) is 37.6. The highest BCUT2D eigenvalue weighted by atomic mass is 19.3. The molecule has 0 saturated heterocycles. The highest BCUT2D eigenvalue weighted by Crippen LogP contribution is 2.42. The number of benzene rings is 2. The zero-order chi connectivity index (χ0) is 19.2. The largest absolute Gasteiger partial charge is 0.586 e. The van der Waals surface area contributed by atoms with Crippen LogP contribution in [0.2, 0.25) is 0 Å². The molecule has 0 atom stereocenters. The molecule has 0 spiro atoms. The van der Waals surface area contributed by atoms with Gasteiger partial charge in [-0.25, -0.2) is 0 Å². The summed E-state index contributed by atoms with van der Waals surface area (Å²) < 4.78 is 34.6. The van der Waals surface area contributed by atoms with Gasteiger partial charge in [0.25, 0.3) is 11.8 Å². The summed E-state index contributed by atoms with van der Waals surface area (Å²) in [6.07, 6.45) is -3.88. The second-order valence-corrected chi connectivity index (χ2v) is 5.93. The van der Waals surface area contributed by atoms with Gasteiger partial charge in [-0.05, 0) is 24.3 Å². The number of hydrogen-bond acceptors (Lipinski definition) is 5. The molecular weight excluding hydrogens is 362 g/mol. The van der Waals surface area contributed by atoms with Gasteiger partial charge in [-0.3, -0.25) is 19.3 Å². The van der Waals surface area contributed by atoms with E-state index in [1.165, 1.54) is 18.2 Å². The molecule has 3 amide bonds. The Morgan fingerprint density at radius 2 is 1.63 bits per heavy atom. The van der Waals surface area contributed by atoms with E-state index in [9.17, 15) is 23.2 Å². The molecule has 2 heterocycles. The number of nitrogens with one attached hydrogen (secondary N) is 1. The number of nitrogens with zero attached hydrogens (tertiary/aromatic N) is 1. The minimum atomic E-state index is -3.74. The number of halogens is 2. The fourth-order valence-corrected chi connectivity index (χ4v) is 2.91. The molecule has 2 aliphatic rings. The molecule has 4 rings (SSSR count). The lowest BCUT2D eigenvalue weighted by atomic mass is 10.1. The molecule has 2 aliphatic heterocycles. The van der Waals surface area contributed by atoms with Gasteiger partial charge in [0.2, 0.25) is 5.91 Å². The second kappa shape index (κ2) is 6.04. The topological polar surface area (TPSA) is 84.9 Å². The van der Waals surface area contributed by atoms with E-state index in [4.69, 9.17) is 0 Å². The minimum Gasteiger partial charge on any atom is -0.395 e. The van der Waals surface area contributed by atoms with E-state index in [1.807, 2.05) is 0 Å². The lowest BCUT2D eigenvalue weighted by molar-refractivity contribution is -0.286. The molecule has 0 fully saturated rings. The molecule has 2 aromatic carbocycles. The standard InChI is InChI=1S/C18H12F2N2O5/c19-18(20)26-13-6-5-10(9-14(13)27-18)21-15(23)7-8-22-16(24)11-3-1-2-4-12(11)17(22)25/h1-6,9H,7-8H2,(H,21,23). The molecule has 0 radical (unpaired) electrons. The van der Waals surface area contributed by atoms with Crippen LogP contribution in [-0.2, 0) is 4.79 Å². The first-order valence-electron chi connectivity index (χ1n) is 7.99. The Hall–Kier alpha value is -3.49. The van der Waals surface area contributed by atoms with Crippen molar-refractivity contribution in [3.63, 3.8) is 0 Å². The molecule has 0 unspecified atom stereocenters. The van der Waals surface area contributed by atoms with Crippen LogP contribution in [-0.4, -0.2) is 35.5 Å². The van der Waals surface area contributed by atoms with Crippen molar-refractivity contribution in [1.29, 1.82) is 0 Å². The molecule has 138 valence electrons. The van der Waals surface area contributed by atoms with Crippen molar-refractivity contribution in [3.05, 3.63) is 53.6 Å². The van der Waals surface area contributed by atoms with E-state index in [0.29, 0.717) is 11.1 Å². The molecule has 7 nitrogen and oxygen atoms in total. The fraction of sp³-hybridized carbons (Fsp3) is 0.167. The third kappa shape index (κ3) is 3.07. The Morgan fingerprint density at radius 3 is 2.30 bits per heavy atom. The van der Waals surface area contributed by atoms with Crippen LogP contribution in [0.4, 0.5) is 14.5 Å². The van der Waals surface area contributed by atoms with E-state index in [0.717, 1.165) is 4.90 Å². The van der Waals surface area contributed by atoms with Gasteiger partial charge in [0, 0.05) is 24.7 Å². The number of amides is 3. The van der Waals surface area contributed by atoms with E-state index in [1.54, 1.807) is 24.3 Å². The number of anilines is 1. The number of imide groups is 1. The first-order chi connectivity index (χ1) is 12.8. The molecule has 0 bridgehead atoms. The Bertz CT molecular complexity index is 941. The van der Waals surface area contributed by atoms with Gasteiger partial charge in [0.1, 0.15) is 0 Å². The number of hydrogen-bond donors (Lipinski definition) is 1. The summed E-state index contributed by atoms with van der Waals surface area (Å²) in [6.45, 7) is -0.0964. The molecule has 0 aliphatic carbocycles. The number of ether oxygens (including phenoxy) is 2. The van der Waals surface area contributed by atoms with E-state index >= 15 is 0 Å². The van der Waals surface area contributed by atoms with Crippen molar-refractivity contribution in [3.8, 4) is 11.5 Å². The predicted octanol–water partition coefficient (Wildman–Crippen LogP) is 2.63. The number of fused-ring (bicyclic) bond motifs is 2. The molecular formula is C18H12F2N2O5. The van der Waals surface area contributed by atoms with E-state index < -0.39 is 24.0 Å². The molecule has 1 N–H and O–H groups in total. The van der Waals surface area contributed by atoms with Gasteiger partial charge in [-0.15, -0.1) is 8.78 Å². The lowest BCUT2D eigenvalue weighted by Gasteiger charge is -2.13. The number of rotatable bonds is 4. The number of carbonyl (C=O) groups excluding carboxylic acids is 3. The maximum absolute atomic E-state index is 13.0. The smallest absolute Gasteiger partial charge is 0.395 e. The Kier molecular flexibility index (Phi) is 3.79. The monoisotopic (exact) mass is 374 g/mol. The summed E-state index contributed by atoms with van der Waals surface area (Å²) in [5, 5.41) is 2.51. The van der Waals surface area contributed by atoms with Gasteiger partial charge < -0.3 is 14.8 Å². The average molecular weight is 374 g/mol. The number of alkyl halides is 2. The molecule has 0 aromatic heterocycles. The number of carbonyl (C=O) groups is 3. The SMILES string of the molecule is O=C(CCN1C(=O)c2ccccc2C1=O)Nc1ccc2c(c1)OC(F)(F)O2. The summed E-state index contributed by atoms with van der Waals surface area (Å²) in [7, 11) is 0. The highest BCUT2D eigenvalue weighted by Gasteiger charge is 2.43. The van der Waals surface area contributed by atoms with Crippen molar-refractivity contribution >= 4 is 23.4 Å². The van der Waals surface area contributed by atoms with Gasteiger partial charge in [0.15, 0.2) is 11.5 Å². The second-order valence-electron chi connectivity index (χ2n) is 5.93. The summed E-state index contributed by atoms with van der Waals surface area (Å²) in [6, 6.07) is 10.2. The van der Waals surface area contributed by atoms with Gasteiger partial charge in [0.05, 0.1) is 11.1 Å². The Morgan fingerprint density at radius 1 is 1.00 bits per heavy atom. The Balaban J connectivity index is 1.38. The van der Waals surface area contributed by atoms with Crippen LogP contribution >= 0.6 is 0 Å². The van der Waals surface area contributed by atoms with Crippen LogP contribution in [0.25, 0.3) is 0 Å². The van der Waals surface area contributed by atoms with Crippen LogP contribution in [0.1, 0.15) is 27.1 Å². The van der Waals surface area contributed by atoms with E-state index in [2.05, 4.69) is 14.8 Å². The van der Waals surface area contributed by atoms with Crippen molar-refractivity contribution < 1.29 is 32.6 Å². The third-order valence-corrected chi connectivity index (χ3v) is 4.13. The van der Waals surface area contributed by atoms with Gasteiger partial charge >= 0.3 is 6.29 Å².